The Morgan fingerprint density at radius 2 is 0.676 bits per heavy atom. The van der Waals surface area contributed by atoms with E-state index in [1.54, 1.807) is 0 Å². The average Bonchev–Trinajstić information content (AvgIpc) is 2.90. The zero-order valence-corrected chi connectivity index (χ0v) is 18.7. The molecule has 7 rings (SSSR count). The lowest BCUT2D eigenvalue weighted by Gasteiger charge is -2.13. The molecule has 0 aromatic heterocycles. The van der Waals surface area contributed by atoms with Gasteiger partial charge >= 0.3 is 0 Å². The molecule has 0 heteroatoms. The standard InChI is InChI=1S/C34H22/c1-3-9-25-19-29(17-15-23(25)7-1)31-13-5-11-27-22-34-28(21-33(27)31)12-6-14-32(34)30-18-16-24-8-2-4-10-26(24)20-30/h1-22H. The Labute approximate surface area is 198 Å². The summed E-state index contributed by atoms with van der Waals surface area (Å²) in [6.45, 7) is 0. The largest absolute Gasteiger partial charge is 0.0616 e. The van der Waals surface area contributed by atoms with Gasteiger partial charge in [-0.1, -0.05) is 109 Å². The summed E-state index contributed by atoms with van der Waals surface area (Å²) in [4.78, 5) is 0. The monoisotopic (exact) mass is 430 g/mol. The molecule has 158 valence electrons. The minimum absolute atomic E-state index is 1.26. The first-order chi connectivity index (χ1) is 16.8. The Bertz CT molecular complexity index is 1720. The van der Waals surface area contributed by atoms with Crippen LogP contribution in [0.1, 0.15) is 0 Å². The molecule has 0 saturated heterocycles. The van der Waals surface area contributed by atoms with E-state index in [4.69, 9.17) is 0 Å². The van der Waals surface area contributed by atoms with E-state index in [0.29, 0.717) is 0 Å². The fraction of sp³-hybridized carbons (Fsp3) is 0. The third kappa shape index (κ3) is 3.08. The van der Waals surface area contributed by atoms with Crippen molar-refractivity contribution >= 4 is 43.1 Å². The quantitative estimate of drug-likeness (QED) is 0.239. The predicted molar refractivity (Wildman–Crippen MR) is 147 cm³/mol. The highest BCUT2D eigenvalue weighted by molar-refractivity contribution is 6.10. The molecule has 0 atom stereocenters. The number of rotatable bonds is 2. The molecule has 0 amide bonds. The highest BCUT2D eigenvalue weighted by Crippen LogP contribution is 2.37. The minimum Gasteiger partial charge on any atom is -0.0616 e. The SMILES string of the molecule is c1ccc2cc(-c3cccc4cc5c(-c6ccc7ccccc7c6)cccc5cc34)ccc2c1. The van der Waals surface area contributed by atoms with Crippen molar-refractivity contribution in [1.29, 1.82) is 0 Å². The third-order valence-electron chi connectivity index (χ3n) is 7.00. The molecule has 0 aliphatic carbocycles. The molecular weight excluding hydrogens is 408 g/mol. The van der Waals surface area contributed by atoms with Crippen LogP contribution in [0.5, 0.6) is 0 Å². The molecule has 7 aromatic rings. The second-order valence-electron chi connectivity index (χ2n) is 9.03. The second-order valence-corrected chi connectivity index (χ2v) is 9.03. The highest BCUT2D eigenvalue weighted by Gasteiger charge is 2.10. The summed E-state index contributed by atoms with van der Waals surface area (Å²) < 4.78 is 0. The van der Waals surface area contributed by atoms with Gasteiger partial charge in [0.25, 0.3) is 0 Å². The molecule has 7 aromatic carbocycles. The summed E-state index contributed by atoms with van der Waals surface area (Å²) in [7, 11) is 0. The summed E-state index contributed by atoms with van der Waals surface area (Å²) in [6, 6.07) is 48.7. The Kier molecular flexibility index (Phi) is 4.25. The average molecular weight is 431 g/mol. The summed E-state index contributed by atoms with van der Waals surface area (Å²) in [5.41, 5.74) is 5.08. The maximum Gasteiger partial charge on any atom is -0.00990 e. The first kappa shape index (κ1) is 19.1. The zero-order valence-electron chi connectivity index (χ0n) is 18.7. The lowest BCUT2D eigenvalue weighted by Crippen LogP contribution is -1.86. The van der Waals surface area contributed by atoms with Gasteiger partial charge in [-0.15, -0.1) is 0 Å². The fourth-order valence-corrected chi connectivity index (χ4v) is 5.27. The van der Waals surface area contributed by atoms with Gasteiger partial charge in [-0.05, 0) is 89.6 Å². The van der Waals surface area contributed by atoms with Crippen molar-refractivity contribution in [2.45, 2.75) is 0 Å². The van der Waals surface area contributed by atoms with Crippen LogP contribution in [0.25, 0.3) is 65.3 Å². The molecular formula is C34H22. The van der Waals surface area contributed by atoms with E-state index < -0.39 is 0 Å². The van der Waals surface area contributed by atoms with Gasteiger partial charge in [-0.25, -0.2) is 0 Å². The van der Waals surface area contributed by atoms with Gasteiger partial charge in [0.1, 0.15) is 0 Å². The smallest absolute Gasteiger partial charge is 0.00990 e. The van der Waals surface area contributed by atoms with Crippen LogP contribution in [0, 0.1) is 0 Å². The van der Waals surface area contributed by atoms with Crippen LogP contribution in [0.4, 0.5) is 0 Å². The maximum absolute atomic E-state index is 2.36. The van der Waals surface area contributed by atoms with E-state index in [9.17, 15) is 0 Å². The second kappa shape index (κ2) is 7.57. The highest BCUT2D eigenvalue weighted by atomic mass is 14.1. The van der Waals surface area contributed by atoms with Crippen molar-refractivity contribution < 1.29 is 0 Å². The van der Waals surface area contributed by atoms with E-state index in [-0.39, 0.29) is 0 Å². The van der Waals surface area contributed by atoms with Gasteiger partial charge in [0.15, 0.2) is 0 Å². The molecule has 0 radical (unpaired) electrons. The molecule has 0 N–H and O–H groups in total. The Morgan fingerprint density at radius 3 is 1.15 bits per heavy atom. The van der Waals surface area contributed by atoms with Crippen LogP contribution in [-0.4, -0.2) is 0 Å². The van der Waals surface area contributed by atoms with Crippen molar-refractivity contribution in [3.8, 4) is 22.3 Å². The van der Waals surface area contributed by atoms with Crippen molar-refractivity contribution in [2.75, 3.05) is 0 Å². The first-order valence-electron chi connectivity index (χ1n) is 11.8. The zero-order chi connectivity index (χ0) is 22.5. The molecule has 0 unspecified atom stereocenters. The minimum atomic E-state index is 1.26. The van der Waals surface area contributed by atoms with Crippen molar-refractivity contribution in [1.82, 2.24) is 0 Å². The van der Waals surface area contributed by atoms with Gasteiger partial charge in [0.05, 0.1) is 0 Å². The number of hydrogen-bond acceptors (Lipinski definition) is 0. The van der Waals surface area contributed by atoms with Crippen molar-refractivity contribution in [3.63, 3.8) is 0 Å². The first-order valence-corrected chi connectivity index (χ1v) is 11.8. The fourth-order valence-electron chi connectivity index (χ4n) is 5.27. The lowest BCUT2D eigenvalue weighted by atomic mass is 9.91. The Balaban J connectivity index is 1.44. The number of fused-ring (bicyclic) bond motifs is 4. The molecule has 0 nitrogen and oxygen atoms in total. The van der Waals surface area contributed by atoms with Crippen LogP contribution in [-0.2, 0) is 0 Å². The van der Waals surface area contributed by atoms with Crippen molar-refractivity contribution in [2.24, 2.45) is 0 Å². The van der Waals surface area contributed by atoms with Gasteiger partial charge in [0.2, 0.25) is 0 Å². The topological polar surface area (TPSA) is 0 Å². The molecule has 0 aliphatic rings. The van der Waals surface area contributed by atoms with E-state index in [1.807, 2.05) is 0 Å². The summed E-state index contributed by atoms with van der Waals surface area (Å²) >= 11 is 0. The van der Waals surface area contributed by atoms with Crippen LogP contribution in [0.15, 0.2) is 133 Å². The van der Waals surface area contributed by atoms with Crippen LogP contribution in [0.2, 0.25) is 0 Å². The van der Waals surface area contributed by atoms with Crippen LogP contribution >= 0.6 is 0 Å². The Hall–Kier alpha value is -4.42. The molecule has 34 heavy (non-hydrogen) atoms. The normalized spacial score (nSPS) is 11.5. The van der Waals surface area contributed by atoms with Gasteiger partial charge in [-0.2, -0.15) is 0 Å². The Morgan fingerprint density at radius 1 is 0.265 bits per heavy atom. The molecule has 0 spiro atoms. The molecule has 0 fully saturated rings. The third-order valence-corrected chi connectivity index (χ3v) is 7.00. The number of hydrogen-bond donors (Lipinski definition) is 0. The lowest BCUT2D eigenvalue weighted by molar-refractivity contribution is 1.67. The van der Waals surface area contributed by atoms with Gasteiger partial charge in [0, 0.05) is 0 Å². The molecule has 0 saturated carbocycles. The molecule has 0 bridgehead atoms. The van der Waals surface area contributed by atoms with E-state index in [2.05, 4.69) is 133 Å². The number of benzene rings is 7. The van der Waals surface area contributed by atoms with Gasteiger partial charge < -0.3 is 0 Å². The van der Waals surface area contributed by atoms with E-state index in [1.165, 1.54) is 65.3 Å². The summed E-state index contributed by atoms with van der Waals surface area (Å²) in [5, 5.41) is 10.2. The van der Waals surface area contributed by atoms with Crippen molar-refractivity contribution in [3.05, 3.63) is 133 Å². The van der Waals surface area contributed by atoms with E-state index in [0.717, 1.165) is 0 Å². The van der Waals surface area contributed by atoms with Crippen LogP contribution in [0.3, 0.4) is 0 Å². The molecule has 0 heterocycles. The van der Waals surface area contributed by atoms with Gasteiger partial charge in [-0.3, -0.25) is 0 Å². The van der Waals surface area contributed by atoms with Crippen LogP contribution < -0.4 is 0 Å². The predicted octanol–water partition coefficient (Wildman–Crippen LogP) is 9.63. The van der Waals surface area contributed by atoms with E-state index >= 15 is 0 Å². The maximum atomic E-state index is 2.36. The summed E-state index contributed by atoms with van der Waals surface area (Å²) in [5.74, 6) is 0. The molecule has 0 aliphatic heterocycles. The summed E-state index contributed by atoms with van der Waals surface area (Å²) in [6.07, 6.45) is 0.